The third-order valence-electron chi connectivity index (χ3n) is 14.0. The van der Waals surface area contributed by atoms with E-state index in [9.17, 15) is 54.0 Å². The summed E-state index contributed by atoms with van der Waals surface area (Å²) in [5.74, 6) is -6.43. The molecule has 0 aliphatic carbocycles. The van der Waals surface area contributed by atoms with E-state index in [1.165, 1.54) is 23.9 Å². The van der Waals surface area contributed by atoms with Crippen molar-refractivity contribution in [3.63, 3.8) is 0 Å². The number of carbonyl (C=O) groups is 7. The minimum atomic E-state index is -1.88. The number of anilines is 1. The van der Waals surface area contributed by atoms with Gasteiger partial charge in [-0.1, -0.05) is 39.0 Å². The van der Waals surface area contributed by atoms with Crippen LogP contribution in [0.4, 0.5) is 5.69 Å². The van der Waals surface area contributed by atoms with Crippen LogP contribution in [0.1, 0.15) is 70.3 Å². The number of aliphatic hydroxyl groups is 3. The molecule has 1 saturated heterocycles. The highest BCUT2D eigenvalue weighted by molar-refractivity contribution is 6.13. The number of benzene rings is 1. The number of aryl methyl sites for hydroxylation is 1. The molecular weight excluding hydrogens is 1230 g/mol. The van der Waals surface area contributed by atoms with Crippen molar-refractivity contribution in [2.24, 2.45) is 11.8 Å². The van der Waals surface area contributed by atoms with E-state index in [1.54, 1.807) is 46.9 Å². The van der Waals surface area contributed by atoms with E-state index in [-0.39, 0.29) is 50.6 Å². The fraction of sp³-hybridized carbons (Fsp3) is 0.721. The fourth-order valence-electron chi connectivity index (χ4n) is 8.87. The molecule has 0 radical (unpaired) electrons. The lowest BCUT2D eigenvalue weighted by atomic mass is 9.91. The van der Waals surface area contributed by atoms with E-state index >= 15 is 0 Å². The quantitative estimate of drug-likeness (QED) is 0.0245. The van der Waals surface area contributed by atoms with Gasteiger partial charge in [0, 0.05) is 24.9 Å². The number of carboxylic acids is 1. The Morgan fingerprint density at radius 1 is 0.602 bits per heavy atom. The second kappa shape index (κ2) is 46.1. The minimum Gasteiger partial charge on any atom is -0.479 e. The van der Waals surface area contributed by atoms with E-state index in [4.69, 9.17) is 66.3 Å². The molecule has 526 valence electrons. The van der Waals surface area contributed by atoms with Gasteiger partial charge in [0.15, 0.2) is 6.10 Å². The van der Waals surface area contributed by atoms with Crippen LogP contribution in [0.5, 0.6) is 0 Å². The predicted octanol–water partition coefficient (Wildman–Crippen LogP) is -0.686. The maximum atomic E-state index is 13.8. The van der Waals surface area contributed by atoms with Crippen molar-refractivity contribution in [3.05, 3.63) is 53.4 Å². The molecule has 0 unspecified atom stereocenters. The first kappa shape index (κ1) is 79.4. The Balaban J connectivity index is 1.08. The summed E-state index contributed by atoms with van der Waals surface area (Å²) in [6, 6.07) is 1.10. The average Bonchev–Trinajstić information content (AvgIpc) is 1.84. The van der Waals surface area contributed by atoms with Gasteiger partial charge in [0.2, 0.25) is 17.7 Å². The summed E-state index contributed by atoms with van der Waals surface area (Å²) in [6.45, 7) is 18.0. The number of hydrogen-bond acceptors (Lipinski definition) is 26. The molecular formula is C61H97N7O25. The fourth-order valence-corrected chi connectivity index (χ4v) is 8.87. The number of nitrogens with zero attached hydrogens (tertiary/aromatic N) is 4. The molecule has 2 aliphatic rings. The van der Waals surface area contributed by atoms with Gasteiger partial charge in [-0.15, -0.1) is 5.10 Å². The van der Waals surface area contributed by atoms with Gasteiger partial charge in [0.25, 0.3) is 11.8 Å². The number of aliphatic hydroxyl groups excluding tert-OH is 3. The monoisotopic (exact) mass is 1330 g/mol. The van der Waals surface area contributed by atoms with Gasteiger partial charge in [-0.3, -0.25) is 33.7 Å². The molecule has 8 atom stereocenters. The van der Waals surface area contributed by atoms with Crippen LogP contribution < -0.4 is 16.0 Å². The number of hydrogen-bond donors (Lipinski definition) is 7. The summed E-state index contributed by atoms with van der Waals surface area (Å²) >= 11 is 0. The first-order valence-corrected chi connectivity index (χ1v) is 31.2. The molecule has 1 aromatic heterocycles. The molecule has 93 heavy (non-hydrogen) atoms. The lowest BCUT2D eigenvalue weighted by Gasteiger charge is -2.39. The summed E-state index contributed by atoms with van der Waals surface area (Å²) < 4.78 is 77.8. The van der Waals surface area contributed by atoms with Crippen LogP contribution in [0.15, 0.2) is 36.5 Å². The molecule has 1 aromatic carbocycles. The number of carboxylic acid groups (broad SMARTS) is 1. The highest BCUT2D eigenvalue weighted by Gasteiger charge is 2.46. The zero-order chi connectivity index (χ0) is 67.8. The van der Waals surface area contributed by atoms with Crippen molar-refractivity contribution in [1.82, 2.24) is 30.5 Å². The summed E-state index contributed by atoms with van der Waals surface area (Å²) in [6.07, 6.45) is -5.20. The van der Waals surface area contributed by atoms with Crippen LogP contribution in [0, 0.1) is 11.8 Å². The zero-order valence-electron chi connectivity index (χ0n) is 54.2. The van der Waals surface area contributed by atoms with Crippen LogP contribution in [-0.2, 0) is 119 Å². The SMILES string of the molecule is COCCOCCOCCOCCOCCOCCOCCOCCOCCOCCOCCOCCn1cc([C@@H](CC(=O)N[C@H](C(=O)N[C@@H](C)C(=O)Nc2ccc(COC(=O)C(C)C)c(CC[C@@H]3O[C@H](C(=O)O)[C@@H](O)[C@H](O)[C@H]3O)c2)C(C)C)N2C(=O)C=CC2=O)nn1. The number of aliphatic carboxylic acids is 1. The van der Waals surface area contributed by atoms with Crippen LogP contribution in [0.2, 0.25) is 0 Å². The summed E-state index contributed by atoms with van der Waals surface area (Å²) in [4.78, 5) is 92.0. The first-order valence-electron chi connectivity index (χ1n) is 31.2. The van der Waals surface area contributed by atoms with Crippen molar-refractivity contribution >= 4 is 47.2 Å². The Bertz CT molecular complexity index is 2520. The lowest BCUT2D eigenvalue weighted by molar-refractivity contribution is -0.228. The van der Waals surface area contributed by atoms with Crippen LogP contribution in [0.25, 0.3) is 0 Å². The van der Waals surface area contributed by atoms with Gasteiger partial charge in [-0.05, 0) is 48.9 Å². The number of methoxy groups -OCH3 is 1. The number of carbonyl (C=O) groups excluding carboxylic acids is 6. The van der Waals surface area contributed by atoms with E-state index in [2.05, 4.69) is 26.3 Å². The number of esters is 1. The second-order valence-electron chi connectivity index (χ2n) is 21.9. The summed E-state index contributed by atoms with van der Waals surface area (Å²) in [5.41, 5.74) is 1.37. The lowest BCUT2D eigenvalue weighted by Crippen LogP contribution is -2.59. The Morgan fingerprint density at radius 3 is 1.53 bits per heavy atom. The van der Waals surface area contributed by atoms with E-state index < -0.39 is 108 Å². The van der Waals surface area contributed by atoms with E-state index in [1.807, 2.05) is 0 Å². The van der Waals surface area contributed by atoms with Gasteiger partial charge in [0.1, 0.15) is 42.7 Å². The molecule has 0 saturated carbocycles. The summed E-state index contributed by atoms with van der Waals surface area (Å²) in [7, 11) is 1.63. The van der Waals surface area contributed by atoms with Crippen LogP contribution >= 0.6 is 0 Å². The Hall–Kier alpha value is -6.05. The first-order chi connectivity index (χ1) is 44.8. The molecule has 4 rings (SSSR count). The van der Waals surface area contributed by atoms with Gasteiger partial charge in [-0.2, -0.15) is 0 Å². The predicted molar refractivity (Wildman–Crippen MR) is 326 cm³/mol. The largest absolute Gasteiger partial charge is 0.479 e. The van der Waals surface area contributed by atoms with Crippen molar-refractivity contribution in [2.75, 3.05) is 164 Å². The summed E-state index contributed by atoms with van der Waals surface area (Å²) in [5, 5.41) is 57.0. The van der Waals surface area contributed by atoms with E-state index in [0.717, 1.165) is 17.1 Å². The molecule has 1 fully saturated rings. The Labute approximate surface area is 541 Å². The zero-order valence-corrected chi connectivity index (χ0v) is 54.2. The van der Waals surface area contributed by atoms with Gasteiger partial charge in [0.05, 0.1) is 189 Å². The maximum Gasteiger partial charge on any atom is 0.335 e. The average molecular weight is 1330 g/mol. The van der Waals surface area contributed by atoms with Crippen molar-refractivity contribution in [3.8, 4) is 0 Å². The van der Waals surface area contributed by atoms with Crippen LogP contribution in [-0.4, -0.2) is 283 Å². The molecule has 3 heterocycles. The standard InChI is InChI=1S/C61H97N7O25/c1-41(2)53(59(76)62-43(5)58(75)63-46-9-7-45(40-92-61(79)42(3)4)44(37-46)8-10-49-54(72)55(73)56(74)57(93-49)60(77)78)64-50(69)38-48(68-51(70)11-12-52(68)71)47-39-67(66-65-47)13-14-81-17-18-83-21-22-85-25-26-87-29-30-89-33-34-91-36-35-90-32-31-88-28-27-86-24-23-84-20-19-82-16-15-80-6/h7,9,11-12,37,39,41-43,48-49,53-57,72-74H,8,10,13-36,38,40H2,1-6H3,(H,62,76)(H,63,75)(H,64,69)(H,77,78)/t43-,48+,49-,53-,54-,55+,56-,57-/m0/s1. The topological polar surface area (TPSA) is 400 Å². The number of amides is 5. The normalized spacial score (nSPS) is 18.3. The molecule has 0 spiro atoms. The molecule has 0 bridgehead atoms. The van der Waals surface area contributed by atoms with E-state index in [0.29, 0.717) is 150 Å². The second-order valence-corrected chi connectivity index (χ2v) is 21.9. The number of ether oxygens (including phenoxy) is 14. The third-order valence-corrected chi connectivity index (χ3v) is 14.0. The van der Waals surface area contributed by atoms with Crippen molar-refractivity contribution < 1.29 is 120 Å². The van der Waals surface area contributed by atoms with Gasteiger partial charge >= 0.3 is 11.9 Å². The molecule has 5 amide bonds. The smallest absolute Gasteiger partial charge is 0.335 e. The minimum absolute atomic E-state index is 0.0556. The Kier molecular flexibility index (Phi) is 39.4. The number of imide groups is 1. The molecule has 32 nitrogen and oxygen atoms in total. The van der Waals surface area contributed by atoms with Gasteiger partial charge in [-0.25, -0.2) is 9.48 Å². The highest BCUT2D eigenvalue weighted by Crippen LogP contribution is 2.28. The Morgan fingerprint density at radius 2 is 1.08 bits per heavy atom. The highest BCUT2D eigenvalue weighted by atomic mass is 16.6. The molecule has 2 aliphatic heterocycles. The van der Waals surface area contributed by atoms with Crippen molar-refractivity contribution in [1.29, 1.82) is 0 Å². The molecule has 2 aromatic rings. The number of rotatable bonds is 53. The maximum absolute atomic E-state index is 13.8. The van der Waals surface area contributed by atoms with Gasteiger partial charge < -0.3 is 103 Å². The molecule has 32 heteroatoms. The van der Waals surface area contributed by atoms with Crippen LogP contribution in [0.3, 0.4) is 0 Å². The number of nitrogens with one attached hydrogen (secondary N) is 3. The number of aromatic nitrogens is 3. The molecule has 7 N–H and O–H groups in total. The van der Waals surface area contributed by atoms with Crippen molar-refractivity contribution in [2.45, 2.75) is 116 Å². The third kappa shape index (κ3) is 30.9.